The first-order valence-electron chi connectivity index (χ1n) is 4.51. The molecule has 1 heterocycles. The van der Waals surface area contributed by atoms with Gasteiger partial charge in [-0.2, -0.15) is 0 Å². The summed E-state index contributed by atoms with van der Waals surface area (Å²) in [7, 11) is 0. The maximum atomic E-state index is 11.3. The van der Waals surface area contributed by atoms with Crippen LogP contribution in [0.1, 0.15) is 0 Å². The first-order chi connectivity index (χ1) is 7.49. The fourth-order valence-corrected chi connectivity index (χ4v) is 1.18. The van der Waals surface area contributed by atoms with Gasteiger partial charge in [0.2, 0.25) is 6.10 Å². The minimum Gasteiger partial charge on any atom is -0.459 e. The molecule has 1 rings (SSSR count). The highest BCUT2D eigenvalue weighted by atomic mass is 16.6. The summed E-state index contributed by atoms with van der Waals surface area (Å²) in [6.07, 6.45) is -5.70. The Labute approximate surface area is 90.9 Å². The SMILES string of the molecule is C=CCOC(=O)C1OC(=O)C(O)C(O)C1O. The highest BCUT2D eigenvalue weighted by Gasteiger charge is 2.47. The van der Waals surface area contributed by atoms with Crippen LogP contribution in [0.3, 0.4) is 0 Å². The predicted molar refractivity (Wildman–Crippen MR) is 49.1 cm³/mol. The van der Waals surface area contributed by atoms with Crippen LogP contribution in [0.4, 0.5) is 0 Å². The Hall–Kier alpha value is -1.44. The molecule has 0 spiro atoms. The van der Waals surface area contributed by atoms with Gasteiger partial charge >= 0.3 is 11.9 Å². The lowest BCUT2D eigenvalue weighted by atomic mass is 10.00. The van der Waals surface area contributed by atoms with E-state index in [1.807, 2.05) is 0 Å². The Morgan fingerprint density at radius 1 is 1.44 bits per heavy atom. The molecule has 0 aromatic heterocycles. The Kier molecular flexibility index (Phi) is 3.99. The molecule has 7 nitrogen and oxygen atoms in total. The number of ether oxygens (including phenoxy) is 2. The van der Waals surface area contributed by atoms with E-state index < -0.39 is 36.4 Å². The fourth-order valence-electron chi connectivity index (χ4n) is 1.18. The van der Waals surface area contributed by atoms with E-state index in [0.29, 0.717) is 0 Å². The van der Waals surface area contributed by atoms with Crippen LogP contribution >= 0.6 is 0 Å². The Balaban J connectivity index is 2.70. The minimum absolute atomic E-state index is 0.113. The molecular formula is C9H12O7. The smallest absolute Gasteiger partial charge is 0.350 e. The largest absolute Gasteiger partial charge is 0.459 e. The molecule has 0 aromatic carbocycles. The van der Waals surface area contributed by atoms with Gasteiger partial charge in [-0.25, -0.2) is 9.59 Å². The van der Waals surface area contributed by atoms with Crippen molar-refractivity contribution in [2.75, 3.05) is 6.61 Å². The molecule has 1 aliphatic rings. The van der Waals surface area contributed by atoms with Gasteiger partial charge in [-0.1, -0.05) is 12.7 Å². The standard InChI is InChI=1S/C9H12O7/c1-2-3-15-9(14)7-5(11)4(10)6(12)8(13)16-7/h2,4-7,10-12H,1,3H2. The zero-order valence-electron chi connectivity index (χ0n) is 8.28. The van der Waals surface area contributed by atoms with Crippen LogP contribution in [0, 0.1) is 0 Å². The third-order valence-electron chi connectivity index (χ3n) is 2.04. The topological polar surface area (TPSA) is 113 Å². The van der Waals surface area contributed by atoms with Gasteiger partial charge in [0.05, 0.1) is 0 Å². The molecule has 0 aromatic rings. The van der Waals surface area contributed by atoms with Crippen molar-refractivity contribution in [1.82, 2.24) is 0 Å². The van der Waals surface area contributed by atoms with Gasteiger partial charge in [-0.05, 0) is 0 Å². The van der Waals surface area contributed by atoms with Crippen molar-refractivity contribution in [3.63, 3.8) is 0 Å². The normalized spacial score (nSPS) is 34.1. The number of rotatable bonds is 3. The minimum atomic E-state index is -1.86. The van der Waals surface area contributed by atoms with Crippen molar-refractivity contribution in [2.24, 2.45) is 0 Å². The molecular weight excluding hydrogens is 220 g/mol. The quantitative estimate of drug-likeness (QED) is 0.371. The molecule has 3 N–H and O–H groups in total. The number of carbonyl (C=O) groups is 2. The van der Waals surface area contributed by atoms with Crippen molar-refractivity contribution in [2.45, 2.75) is 24.4 Å². The Morgan fingerprint density at radius 3 is 2.62 bits per heavy atom. The number of aliphatic hydroxyl groups is 3. The van der Waals surface area contributed by atoms with Crippen LogP contribution in [0.25, 0.3) is 0 Å². The summed E-state index contributed by atoms with van der Waals surface area (Å²) in [5.74, 6) is -2.19. The highest BCUT2D eigenvalue weighted by Crippen LogP contribution is 2.17. The van der Waals surface area contributed by atoms with Crippen LogP contribution in [-0.4, -0.2) is 58.3 Å². The molecule has 0 bridgehead atoms. The molecule has 0 amide bonds. The molecule has 7 heteroatoms. The molecule has 1 aliphatic heterocycles. The third-order valence-corrected chi connectivity index (χ3v) is 2.04. The van der Waals surface area contributed by atoms with Crippen LogP contribution in [0.5, 0.6) is 0 Å². The first-order valence-corrected chi connectivity index (χ1v) is 4.51. The average Bonchev–Trinajstić information content (AvgIpc) is 2.28. The lowest BCUT2D eigenvalue weighted by Gasteiger charge is -2.32. The first kappa shape index (κ1) is 12.6. The van der Waals surface area contributed by atoms with E-state index in [1.165, 1.54) is 6.08 Å². The summed E-state index contributed by atoms with van der Waals surface area (Å²) >= 11 is 0. The van der Waals surface area contributed by atoms with Gasteiger partial charge in [0.1, 0.15) is 18.8 Å². The zero-order valence-corrected chi connectivity index (χ0v) is 8.28. The van der Waals surface area contributed by atoms with E-state index in [9.17, 15) is 19.8 Å². The second-order valence-electron chi connectivity index (χ2n) is 3.20. The van der Waals surface area contributed by atoms with E-state index in [1.54, 1.807) is 0 Å². The molecule has 1 fully saturated rings. The van der Waals surface area contributed by atoms with Gasteiger partial charge in [0.15, 0.2) is 6.10 Å². The maximum absolute atomic E-state index is 11.3. The molecule has 16 heavy (non-hydrogen) atoms. The monoisotopic (exact) mass is 232 g/mol. The number of aliphatic hydroxyl groups excluding tert-OH is 3. The van der Waals surface area contributed by atoms with E-state index in [0.717, 1.165) is 0 Å². The summed E-state index contributed by atoms with van der Waals surface area (Å²) in [6.45, 7) is 3.19. The summed E-state index contributed by atoms with van der Waals surface area (Å²) in [4.78, 5) is 22.2. The van der Waals surface area contributed by atoms with Gasteiger partial charge in [0.25, 0.3) is 0 Å². The van der Waals surface area contributed by atoms with E-state index in [4.69, 9.17) is 5.11 Å². The number of hydrogen-bond acceptors (Lipinski definition) is 7. The summed E-state index contributed by atoms with van der Waals surface area (Å²) < 4.78 is 8.98. The van der Waals surface area contributed by atoms with Crippen LogP contribution in [0.15, 0.2) is 12.7 Å². The highest BCUT2D eigenvalue weighted by molar-refractivity contribution is 5.84. The summed E-state index contributed by atoms with van der Waals surface area (Å²) in [6, 6.07) is 0. The van der Waals surface area contributed by atoms with Crippen LogP contribution in [-0.2, 0) is 19.1 Å². The number of cyclic esters (lactones) is 1. The number of hydrogen-bond donors (Lipinski definition) is 3. The molecule has 0 aliphatic carbocycles. The van der Waals surface area contributed by atoms with Crippen LogP contribution in [0.2, 0.25) is 0 Å². The Morgan fingerprint density at radius 2 is 2.06 bits per heavy atom. The molecule has 90 valence electrons. The molecule has 4 unspecified atom stereocenters. The average molecular weight is 232 g/mol. The zero-order chi connectivity index (χ0) is 12.3. The van der Waals surface area contributed by atoms with Gasteiger partial charge in [0, 0.05) is 0 Å². The van der Waals surface area contributed by atoms with E-state index in [-0.39, 0.29) is 6.61 Å². The second-order valence-corrected chi connectivity index (χ2v) is 3.20. The second kappa shape index (κ2) is 5.06. The predicted octanol–water partition coefficient (Wildman–Crippen LogP) is -2.28. The van der Waals surface area contributed by atoms with E-state index in [2.05, 4.69) is 16.1 Å². The van der Waals surface area contributed by atoms with Crippen molar-refractivity contribution < 1.29 is 34.4 Å². The molecule has 0 saturated carbocycles. The summed E-state index contributed by atoms with van der Waals surface area (Å²) in [5, 5.41) is 27.7. The fraction of sp³-hybridized carbons (Fsp3) is 0.556. The molecule has 1 saturated heterocycles. The van der Waals surface area contributed by atoms with E-state index >= 15 is 0 Å². The van der Waals surface area contributed by atoms with Crippen molar-refractivity contribution in [1.29, 1.82) is 0 Å². The summed E-state index contributed by atoms with van der Waals surface area (Å²) in [5.41, 5.74) is 0. The van der Waals surface area contributed by atoms with Crippen molar-refractivity contribution >= 4 is 11.9 Å². The number of esters is 2. The molecule has 0 radical (unpaired) electrons. The van der Waals surface area contributed by atoms with Crippen molar-refractivity contribution in [3.05, 3.63) is 12.7 Å². The Bertz CT molecular complexity index is 300. The van der Waals surface area contributed by atoms with Crippen molar-refractivity contribution in [3.8, 4) is 0 Å². The third kappa shape index (κ3) is 2.38. The molecule has 4 atom stereocenters. The lowest BCUT2D eigenvalue weighted by Crippen LogP contribution is -2.58. The van der Waals surface area contributed by atoms with Crippen LogP contribution < -0.4 is 0 Å². The van der Waals surface area contributed by atoms with Gasteiger partial charge < -0.3 is 24.8 Å². The lowest BCUT2D eigenvalue weighted by molar-refractivity contribution is -0.210. The number of carbonyl (C=O) groups excluding carboxylic acids is 2. The van der Waals surface area contributed by atoms with Gasteiger partial charge in [-0.15, -0.1) is 0 Å². The maximum Gasteiger partial charge on any atom is 0.350 e. The van der Waals surface area contributed by atoms with Gasteiger partial charge in [-0.3, -0.25) is 0 Å².